The highest BCUT2D eigenvalue weighted by Gasteiger charge is 2.48. The van der Waals surface area contributed by atoms with Crippen LogP contribution in [0.1, 0.15) is 0 Å². The number of rotatable bonds is 4. The quantitative estimate of drug-likeness (QED) is 0.515. The van der Waals surface area contributed by atoms with Crippen LogP contribution in [0.2, 0.25) is 0 Å². The maximum Gasteiger partial charge on any atom is 0.256 e. The van der Waals surface area contributed by atoms with Gasteiger partial charge >= 0.3 is 0 Å². The Balaban J connectivity index is 1.13. The number of piperazine rings is 1. The third-order valence-electron chi connectivity index (χ3n) is 7.56. The van der Waals surface area contributed by atoms with Crippen LogP contribution in [0.5, 0.6) is 0 Å². The topological polar surface area (TPSA) is 57.5 Å². The predicted octanol–water partition coefficient (Wildman–Crippen LogP) is 3.16. The number of hydrogen-bond donors (Lipinski definition) is 0. The molecule has 0 radical (unpaired) electrons. The molecule has 182 valence electrons. The van der Waals surface area contributed by atoms with Gasteiger partial charge in [-0.2, -0.15) is 4.59 Å². The number of carbonyl (C=O) groups excluding carboxylic acids is 1. The first kappa shape index (κ1) is 21.8. The highest BCUT2D eigenvalue weighted by molar-refractivity contribution is 7.99. The van der Waals surface area contributed by atoms with Gasteiger partial charge in [0.15, 0.2) is 5.70 Å². The van der Waals surface area contributed by atoms with Crippen LogP contribution in [0, 0.1) is 0 Å². The van der Waals surface area contributed by atoms with Gasteiger partial charge in [-0.3, -0.25) is 9.36 Å². The molecule has 1 amide bonds. The van der Waals surface area contributed by atoms with E-state index in [9.17, 15) is 4.79 Å². The van der Waals surface area contributed by atoms with Crippen molar-refractivity contribution >= 4 is 34.7 Å². The van der Waals surface area contributed by atoms with Crippen molar-refractivity contribution in [1.29, 1.82) is 0 Å². The molecule has 3 aromatic rings. The van der Waals surface area contributed by atoms with Crippen LogP contribution in [0.4, 0.5) is 5.95 Å². The Hall–Kier alpha value is -3.40. The first-order valence-corrected chi connectivity index (χ1v) is 13.6. The Morgan fingerprint density at radius 3 is 2.67 bits per heavy atom. The van der Waals surface area contributed by atoms with Crippen LogP contribution in [0.25, 0.3) is 16.9 Å². The number of hydrogen-bond acceptors (Lipinski definition) is 6. The first-order chi connectivity index (χ1) is 17.7. The molecule has 6 heterocycles. The summed E-state index contributed by atoms with van der Waals surface area (Å²) in [6.07, 6.45) is 10.5. The van der Waals surface area contributed by atoms with Gasteiger partial charge in [-0.1, -0.05) is 18.2 Å². The molecular weight excluding hydrogens is 470 g/mol. The zero-order valence-corrected chi connectivity index (χ0v) is 20.8. The molecule has 2 aromatic heterocycles. The summed E-state index contributed by atoms with van der Waals surface area (Å²) in [5.74, 6) is 3.85. The number of imidazole rings is 1. The molecule has 0 aliphatic carbocycles. The Kier molecular flexibility index (Phi) is 5.23. The summed E-state index contributed by atoms with van der Waals surface area (Å²) >= 11 is 1.83. The van der Waals surface area contributed by atoms with Gasteiger partial charge in [0.1, 0.15) is 18.6 Å². The molecule has 0 N–H and O–H groups in total. The lowest BCUT2D eigenvalue weighted by atomic mass is 10.2. The zero-order valence-electron chi connectivity index (χ0n) is 20.0. The summed E-state index contributed by atoms with van der Waals surface area (Å²) in [5.41, 5.74) is 4.16. The molecule has 4 aliphatic heterocycles. The third-order valence-corrected chi connectivity index (χ3v) is 8.53. The fourth-order valence-corrected chi connectivity index (χ4v) is 6.69. The zero-order chi connectivity index (χ0) is 24.1. The summed E-state index contributed by atoms with van der Waals surface area (Å²) < 4.78 is 2.80. The monoisotopic (exact) mass is 498 g/mol. The van der Waals surface area contributed by atoms with E-state index < -0.39 is 0 Å². The predicted molar refractivity (Wildman–Crippen MR) is 142 cm³/mol. The molecular formula is C27H28N7OS+. The number of thioether (sulfide) groups is 1. The van der Waals surface area contributed by atoms with Gasteiger partial charge in [0.25, 0.3) is 5.91 Å². The fourth-order valence-electron chi connectivity index (χ4n) is 5.74. The van der Waals surface area contributed by atoms with Gasteiger partial charge in [0.2, 0.25) is 5.95 Å². The van der Waals surface area contributed by atoms with Crippen LogP contribution < -0.4 is 4.90 Å². The molecule has 8 nitrogen and oxygen atoms in total. The van der Waals surface area contributed by atoms with Crippen LogP contribution in [-0.4, -0.2) is 85.8 Å². The van der Waals surface area contributed by atoms with E-state index in [1.54, 1.807) is 0 Å². The number of amides is 1. The van der Waals surface area contributed by atoms with E-state index in [0.29, 0.717) is 11.1 Å². The van der Waals surface area contributed by atoms with Crippen molar-refractivity contribution in [1.82, 2.24) is 24.4 Å². The number of fused-ring (bicyclic) bond motifs is 2. The van der Waals surface area contributed by atoms with E-state index >= 15 is 0 Å². The minimum absolute atomic E-state index is 0.198. The molecule has 0 bridgehead atoms. The first-order valence-electron chi connectivity index (χ1n) is 12.5. The molecule has 0 spiro atoms. The molecule has 7 rings (SSSR count). The van der Waals surface area contributed by atoms with Crippen molar-refractivity contribution in [2.75, 3.05) is 55.8 Å². The largest absolute Gasteiger partial charge is 0.339 e. The number of pyridine rings is 1. The van der Waals surface area contributed by atoms with Crippen LogP contribution >= 0.6 is 11.8 Å². The Bertz CT molecular complexity index is 1410. The van der Waals surface area contributed by atoms with E-state index in [4.69, 9.17) is 4.98 Å². The average molecular weight is 499 g/mol. The summed E-state index contributed by atoms with van der Waals surface area (Å²) in [6, 6.07) is 14.2. The summed E-state index contributed by atoms with van der Waals surface area (Å²) in [5, 5.41) is 2.50. The van der Waals surface area contributed by atoms with Gasteiger partial charge in [-0.25, -0.2) is 9.97 Å². The fraction of sp³-hybridized carbons (Fsp3) is 0.296. The number of quaternary nitrogens is 1. The number of aromatic nitrogens is 3. The molecule has 1 atom stereocenters. The molecule has 0 saturated carbocycles. The van der Waals surface area contributed by atoms with Crippen molar-refractivity contribution in [2.24, 2.45) is 0 Å². The lowest BCUT2D eigenvalue weighted by Gasteiger charge is -2.44. The van der Waals surface area contributed by atoms with E-state index in [1.165, 1.54) is 5.70 Å². The smallest absolute Gasteiger partial charge is 0.256 e. The minimum atomic E-state index is 0.198. The van der Waals surface area contributed by atoms with Crippen molar-refractivity contribution in [3.63, 3.8) is 0 Å². The van der Waals surface area contributed by atoms with Gasteiger partial charge in [0.05, 0.1) is 35.6 Å². The Morgan fingerprint density at radius 1 is 1.00 bits per heavy atom. The summed E-state index contributed by atoms with van der Waals surface area (Å²) in [7, 11) is 0. The number of anilines is 1. The van der Waals surface area contributed by atoms with E-state index in [2.05, 4.69) is 62.1 Å². The standard InChI is InChI=1S/C27H28N7OS/c35-26(31-15-17-36-20-31)21-18-22-6-5-16-34(22,19-21)32-13-11-30(12-14-32)27-29-23-7-1-2-8-24(23)33(27)25-9-3-4-10-28-25/h1-10,16,18H,11-15,17,19-20H2/q+1/t34-/m1/s1. The minimum Gasteiger partial charge on any atom is -0.339 e. The molecule has 0 unspecified atom stereocenters. The SMILES string of the molecule is O=C(C1=CC2=CC=C[N@@+]2(N2CCN(c3nc4ccccc4n3-c3ccccn3)CC2)C1)N1CCSC1. The van der Waals surface area contributed by atoms with Crippen LogP contribution in [0.15, 0.2) is 84.4 Å². The molecule has 2 fully saturated rings. The maximum absolute atomic E-state index is 13.1. The van der Waals surface area contributed by atoms with Crippen molar-refractivity contribution < 1.29 is 9.39 Å². The molecule has 2 saturated heterocycles. The van der Waals surface area contributed by atoms with E-state index in [-0.39, 0.29) is 5.91 Å². The van der Waals surface area contributed by atoms with Crippen molar-refractivity contribution in [3.8, 4) is 5.82 Å². The second-order valence-corrected chi connectivity index (χ2v) is 10.6. The lowest BCUT2D eigenvalue weighted by Crippen LogP contribution is -2.60. The second kappa shape index (κ2) is 8.62. The van der Waals surface area contributed by atoms with Gasteiger partial charge in [-0.05, 0) is 30.3 Å². The van der Waals surface area contributed by atoms with Gasteiger partial charge in [-0.15, -0.1) is 16.8 Å². The highest BCUT2D eigenvalue weighted by atomic mass is 32.2. The number of nitrogens with zero attached hydrogens (tertiary/aromatic N) is 7. The Labute approximate surface area is 214 Å². The van der Waals surface area contributed by atoms with Crippen molar-refractivity contribution in [2.45, 2.75) is 0 Å². The highest BCUT2D eigenvalue weighted by Crippen LogP contribution is 2.38. The van der Waals surface area contributed by atoms with E-state index in [0.717, 1.165) is 72.7 Å². The van der Waals surface area contributed by atoms with Gasteiger partial charge in [0, 0.05) is 43.7 Å². The normalized spacial score (nSPS) is 23.9. The molecule has 9 heteroatoms. The van der Waals surface area contributed by atoms with Crippen LogP contribution in [-0.2, 0) is 4.79 Å². The lowest BCUT2D eigenvalue weighted by molar-refractivity contribution is -0.948. The Morgan fingerprint density at radius 2 is 1.86 bits per heavy atom. The molecule has 1 aromatic carbocycles. The molecule has 4 aliphatic rings. The van der Waals surface area contributed by atoms with Crippen LogP contribution in [0.3, 0.4) is 0 Å². The number of allylic oxidation sites excluding steroid dienone is 3. The summed E-state index contributed by atoms with van der Waals surface area (Å²) in [4.78, 5) is 27.1. The molecule has 36 heavy (non-hydrogen) atoms. The third kappa shape index (κ3) is 3.42. The van der Waals surface area contributed by atoms with E-state index in [1.807, 2.05) is 47.1 Å². The van der Waals surface area contributed by atoms with Gasteiger partial charge < -0.3 is 9.80 Å². The van der Waals surface area contributed by atoms with Crippen molar-refractivity contribution in [3.05, 3.63) is 84.4 Å². The number of para-hydroxylation sites is 2. The number of carbonyl (C=O) groups is 1. The number of benzene rings is 1. The average Bonchev–Trinajstić information content (AvgIpc) is 3.71. The summed E-state index contributed by atoms with van der Waals surface area (Å²) in [6.45, 7) is 5.01. The maximum atomic E-state index is 13.1. The second-order valence-electron chi connectivity index (χ2n) is 9.56.